The summed E-state index contributed by atoms with van der Waals surface area (Å²) in [6, 6.07) is 1.74. The summed E-state index contributed by atoms with van der Waals surface area (Å²) in [6.45, 7) is 1.66. The summed E-state index contributed by atoms with van der Waals surface area (Å²) in [4.78, 5) is 15.3. The topological polar surface area (TPSA) is 63.3 Å². The first-order valence-electron chi connectivity index (χ1n) is 4.15. The smallest absolute Gasteiger partial charge is 0.347 e. The summed E-state index contributed by atoms with van der Waals surface area (Å²) < 4.78 is 6.71. The van der Waals surface area contributed by atoms with Crippen molar-refractivity contribution in [1.82, 2.24) is 4.98 Å². The normalized spacial score (nSPS) is 10.7. The number of hydrogen-bond donors (Lipinski definition) is 1. The van der Waals surface area contributed by atoms with Crippen LogP contribution in [0.4, 0.5) is 0 Å². The first kappa shape index (κ1) is 11.8. The van der Waals surface area contributed by atoms with Gasteiger partial charge in [0, 0.05) is 6.07 Å². The Morgan fingerprint density at radius 1 is 1.56 bits per heavy atom. The lowest BCUT2D eigenvalue weighted by atomic mass is 10.4. The largest absolute Gasteiger partial charge is 0.477 e. The van der Waals surface area contributed by atoms with Gasteiger partial charge in [-0.05, 0) is 38.8 Å². The Kier molecular flexibility index (Phi) is 3.18. The first-order valence-corrected chi connectivity index (χ1v) is 6.55. The van der Waals surface area contributed by atoms with Gasteiger partial charge in [-0.15, -0.1) is 11.3 Å². The highest BCUT2D eigenvalue weighted by Gasteiger charge is 2.18. The lowest BCUT2D eigenvalue weighted by Gasteiger charge is -1.85. The number of hydrogen-bond acceptors (Lipinski definition) is 4. The average Bonchev–Trinajstić information content (AvgIpc) is 2.71. The van der Waals surface area contributed by atoms with E-state index in [0.717, 1.165) is 15.8 Å². The molecule has 0 aromatic carbocycles. The monoisotopic (exact) mass is 365 g/mol. The van der Waals surface area contributed by atoms with Crippen LogP contribution in [0.1, 0.15) is 15.4 Å². The predicted octanol–water partition coefficient (Wildman–Crippen LogP) is 3.93. The molecule has 0 bridgehead atoms. The highest BCUT2D eigenvalue weighted by Crippen LogP contribution is 2.35. The van der Waals surface area contributed by atoms with Gasteiger partial charge >= 0.3 is 5.97 Å². The van der Waals surface area contributed by atoms with Crippen LogP contribution in [0.15, 0.2) is 19.6 Å². The van der Waals surface area contributed by atoms with Crippen molar-refractivity contribution in [3.63, 3.8) is 0 Å². The fourth-order valence-electron chi connectivity index (χ4n) is 1.15. The summed E-state index contributed by atoms with van der Waals surface area (Å²) in [7, 11) is 0. The van der Waals surface area contributed by atoms with Crippen LogP contribution in [0, 0.1) is 6.92 Å². The van der Waals surface area contributed by atoms with Crippen LogP contribution in [0.5, 0.6) is 0 Å². The molecular formula is C9H5Br2NO3S. The zero-order valence-corrected chi connectivity index (χ0v) is 11.9. The molecule has 1 N–H and O–H groups in total. The summed E-state index contributed by atoms with van der Waals surface area (Å²) >= 11 is 7.60. The average molecular weight is 367 g/mol. The molecule has 0 spiro atoms. The molecule has 0 aliphatic heterocycles. The zero-order valence-electron chi connectivity index (χ0n) is 7.95. The second-order valence-corrected chi connectivity index (χ2v) is 5.54. The summed E-state index contributed by atoms with van der Waals surface area (Å²) in [5, 5.41) is 9.46. The maximum atomic E-state index is 10.9. The van der Waals surface area contributed by atoms with Gasteiger partial charge in [-0.3, -0.25) is 0 Å². The Bertz CT molecular complexity index is 542. The lowest BCUT2D eigenvalue weighted by Crippen LogP contribution is -1.94. The Labute approximate surface area is 112 Å². The van der Waals surface area contributed by atoms with E-state index in [-0.39, 0.29) is 4.88 Å². The second kappa shape index (κ2) is 4.31. The number of carboxylic acid groups (broad SMARTS) is 1. The third-order valence-corrected chi connectivity index (χ3v) is 4.72. The first-order chi connectivity index (χ1) is 7.49. The van der Waals surface area contributed by atoms with Crippen LogP contribution in [-0.4, -0.2) is 16.1 Å². The van der Waals surface area contributed by atoms with E-state index in [1.54, 1.807) is 13.0 Å². The lowest BCUT2D eigenvalue weighted by molar-refractivity contribution is 0.0701. The Morgan fingerprint density at radius 2 is 2.25 bits per heavy atom. The highest BCUT2D eigenvalue weighted by atomic mass is 79.9. The summed E-state index contributed by atoms with van der Waals surface area (Å²) in [5.41, 5.74) is 0.496. The third-order valence-electron chi connectivity index (χ3n) is 1.85. The number of aryl methyl sites for hydroxylation is 1. The second-order valence-electron chi connectivity index (χ2n) is 2.97. The zero-order chi connectivity index (χ0) is 11.9. The fourth-order valence-corrected chi connectivity index (χ4v) is 2.59. The summed E-state index contributed by atoms with van der Waals surface area (Å²) in [5.74, 6) is -0.426. The molecule has 2 aromatic rings. The van der Waals surface area contributed by atoms with Crippen LogP contribution in [-0.2, 0) is 0 Å². The minimum Gasteiger partial charge on any atom is -0.477 e. The molecule has 16 heavy (non-hydrogen) atoms. The van der Waals surface area contributed by atoms with Crippen LogP contribution in [0.25, 0.3) is 10.8 Å². The van der Waals surface area contributed by atoms with Gasteiger partial charge in [-0.2, -0.15) is 0 Å². The molecule has 2 heterocycles. The van der Waals surface area contributed by atoms with E-state index in [4.69, 9.17) is 9.52 Å². The molecule has 0 radical (unpaired) electrons. The molecular weight excluding hydrogens is 362 g/mol. The SMILES string of the molecule is Cc1nc(-c2cc(Br)c(Br)o2)sc1C(=O)O. The van der Waals surface area contributed by atoms with Crippen molar-refractivity contribution >= 4 is 49.2 Å². The highest BCUT2D eigenvalue weighted by molar-refractivity contribution is 9.13. The number of halogens is 2. The maximum Gasteiger partial charge on any atom is 0.347 e. The van der Waals surface area contributed by atoms with E-state index < -0.39 is 5.97 Å². The van der Waals surface area contributed by atoms with E-state index in [2.05, 4.69) is 36.8 Å². The molecule has 0 amide bonds. The predicted molar refractivity (Wildman–Crippen MR) is 66.9 cm³/mol. The fraction of sp³-hybridized carbons (Fsp3) is 0.111. The van der Waals surface area contributed by atoms with Gasteiger partial charge in [0.1, 0.15) is 4.88 Å². The minimum atomic E-state index is -0.967. The molecule has 0 saturated heterocycles. The van der Waals surface area contributed by atoms with Gasteiger partial charge in [0.05, 0.1) is 10.2 Å². The number of carboxylic acids is 1. The number of carbonyl (C=O) groups is 1. The van der Waals surface area contributed by atoms with E-state index in [9.17, 15) is 4.79 Å². The Morgan fingerprint density at radius 3 is 2.69 bits per heavy atom. The number of thiazole rings is 1. The van der Waals surface area contributed by atoms with Crippen LogP contribution >= 0.6 is 43.2 Å². The standard InChI is InChI=1S/C9H5Br2NO3S/c1-3-6(9(13)14)16-8(12-3)5-2-4(10)7(11)15-5/h2H,1H3,(H,13,14). The molecule has 0 unspecified atom stereocenters. The van der Waals surface area contributed by atoms with Crippen molar-refractivity contribution in [1.29, 1.82) is 0 Å². The maximum absolute atomic E-state index is 10.9. The molecule has 2 aromatic heterocycles. The van der Waals surface area contributed by atoms with Crippen LogP contribution < -0.4 is 0 Å². The number of rotatable bonds is 2. The van der Waals surface area contributed by atoms with E-state index in [1.165, 1.54) is 0 Å². The molecule has 7 heteroatoms. The van der Waals surface area contributed by atoms with E-state index in [0.29, 0.717) is 21.1 Å². The molecule has 84 valence electrons. The number of furan rings is 1. The van der Waals surface area contributed by atoms with Gasteiger partial charge in [0.2, 0.25) is 0 Å². The van der Waals surface area contributed by atoms with Gasteiger partial charge in [0.15, 0.2) is 15.4 Å². The van der Waals surface area contributed by atoms with Crippen LogP contribution in [0.3, 0.4) is 0 Å². The molecule has 0 atom stereocenters. The van der Waals surface area contributed by atoms with Gasteiger partial charge in [0.25, 0.3) is 0 Å². The van der Waals surface area contributed by atoms with Crippen molar-refractivity contribution in [2.45, 2.75) is 6.92 Å². The summed E-state index contributed by atoms with van der Waals surface area (Å²) in [6.07, 6.45) is 0. The molecule has 0 saturated carbocycles. The van der Waals surface area contributed by atoms with Crippen molar-refractivity contribution in [2.24, 2.45) is 0 Å². The van der Waals surface area contributed by atoms with Crippen molar-refractivity contribution < 1.29 is 14.3 Å². The Balaban J connectivity index is 2.49. The number of aromatic carboxylic acids is 1. The van der Waals surface area contributed by atoms with Crippen LogP contribution in [0.2, 0.25) is 0 Å². The van der Waals surface area contributed by atoms with Crippen molar-refractivity contribution in [3.05, 3.63) is 25.8 Å². The van der Waals surface area contributed by atoms with Gasteiger partial charge in [-0.25, -0.2) is 9.78 Å². The Hall–Kier alpha value is -0.660. The molecule has 4 nitrogen and oxygen atoms in total. The minimum absolute atomic E-state index is 0.235. The quantitative estimate of drug-likeness (QED) is 0.874. The van der Waals surface area contributed by atoms with Crippen molar-refractivity contribution in [3.8, 4) is 10.8 Å². The number of aromatic nitrogens is 1. The number of nitrogens with zero attached hydrogens (tertiary/aromatic N) is 1. The third kappa shape index (κ3) is 2.07. The van der Waals surface area contributed by atoms with Gasteiger partial charge < -0.3 is 9.52 Å². The molecule has 2 rings (SSSR count). The molecule has 0 aliphatic carbocycles. The van der Waals surface area contributed by atoms with E-state index in [1.807, 2.05) is 0 Å². The molecule has 0 fully saturated rings. The van der Waals surface area contributed by atoms with E-state index >= 15 is 0 Å². The van der Waals surface area contributed by atoms with Crippen molar-refractivity contribution in [2.75, 3.05) is 0 Å². The molecule has 0 aliphatic rings. The van der Waals surface area contributed by atoms with Gasteiger partial charge in [-0.1, -0.05) is 0 Å².